The quantitative estimate of drug-likeness (QED) is 0.658. The summed E-state index contributed by atoms with van der Waals surface area (Å²) in [6.07, 6.45) is 0. The molecule has 0 bridgehead atoms. The number of ether oxygens (including phenoxy) is 1. The third-order valence-electron chi connectivity index (χ3n) is 3.92. The Hall–Kier alpha value is -3.67. The first-order chi connectivity index (χ1) is 13.6. The second-order valence-electron chi connectivity index (χ2n) is 6.04. The largest absolute Gasteiger partial charge is 0.484 e. The number of amides is 2. The molecule has 142 valence electrons. The lowest BCUT2D eigenvalue weighted by Gasteiger charge is -2.09. The van der Waals surface area contributed by atoms with Crippen LogP contribution < -0.4 is 15.4 Å². The Morgan fingerprint density at radius 2 is 1.54 bits per heavy atom. The van der Waals surface area contributed by atoms with Crippen LogP contribution in [0.3, 0.4) is 0 Å². The van der Waals surface area contributed by atoms with Gasteiger partial charge in [-0.3, -0.25) is 9.59 Å². The molecule has 0 radical (unpaired) electrons. The summed E-state index contributed by atoms with van der Waals surface area (Å²) in [4.78, 5) is 24.1. The van der Waals surface area contributed by atoms with E-state index in [4.69, 9.17) is 4.74 Å². The molecule has 0 heterocycles. The Kier molecular flexibility index (Phi) is 6.36. The second-order valence-corrected chi connectivity index (χ2v) is 6.04. The molecule has 0 aliphatic carbocycles. The average Bonchev–Trinajstić information content (AvgIpc) is 2.73. The Morgan fingerprint density at radius 3 is 2.21 bits per heavy atom. The van der Waals surface area contributed by atoms with E-state index in [-0.39, 0.29) is 24.2 Å². The van der Waals surface area contributed by atoms with E-state index in [1.165, 1.54) is 24.3 Å². The maximum Gasteiger partial charge on any atom is 0.258 e. The number of nitrogens with one attached hydrogen (secondary N) is 2. The summed E-state index contributed by atoms with van der Waals surface area (Å²) < 4.78 is 18.3. The van der Waals surface area contributed by atoms with E-state index in [2.05, 4.69) is 10.6 Å². The third kappa shape index (κ3) is 5.67. The molecule has 3 rings (SSSR count). The summed E-state index contributed by atoms with van der Waals surface area (Å²) >= 11 is 0. The van der Waals surface area contributed by atoms with Gasteiger partial charge in [0.15, 0.2) is 6.61 Å². The van der Waals surface area contributed by atoms with Crippen LogP contribution in [0.1, 0.15) is 15.9 Å². The molecular formula is C22H19FN2O3. The van der Waals surface area contributed by atoms with Gasteiger partial charge in [-0.1, -0.05) is 30.3 Å². The summed E-state index contributed by atoms with van der Waals surface area (Å²) in [6, 6.07) is 21.5. The average molecular weight is 378 g/mol. The van der Waals surface area contributed by atoms with Crippen molar-refractivity contribution in [1.29, 1.82) is 0 Å². The van der Waals surface area contributed by atoms with Gasteiger partial charge in [0.2, 0.25) is 0 Å². The van der Waals surface area contributed by atoms with E-state index in [9.17, 15) is 14.0 Å². The minimum Gasteiger partial charge on any atom is -0.484 e. The first-order valence-corrected chi connectivity index (χ1v) is 8.70. The summed E-state index contributed by atoms with van der Waals surface area (Å²) in [6.45, 7) is 0.319. The van der Waals surface area contributed by atoms with E-state index < -0.39 is 0 Å². The molecule has 0 aliphatic rings. The highest BCUT2D eigenvalue weighted by molar-refractivity contribution is 6.04. The third-order valence-corrected chi connectivity index (χ3v) is 3.92. The van der Waals surface area contributed by atoms with E-state index in [1.54, 1.807) is 24.3 Å². The van der Waals surface area contributed by atoms with E-state index in [0.29, 0.717) is 23.5 Å². The van der Waals surface area contributed by atoms with E-state index >= 15 is 0 Å². The van der Waals surface area contributed by atoms with Gasteiger partial charge in [-0.05, 0) is 54.1 Å². The zero-order valence-electron chi connectivity index (χ0n) is 15.0. The highest BCUT2D eigenvalue weighted by Gasteiger charge is 2.08. The predicted octanol–water partition coefficient (Wildman–Crippen LogP) is 3.77. The molecule has 28 heavy (non-hydrogen) atoms. The summed E-state index contributed by atoms with van der Waals surface area (Å²) in [5.41, 5.74) is 1.93. The van der Waals surface area contributed by atoms with Gasteiger partial charge in [-0.25, -0.2) is 4.39 Å². The van der Waals surface area contributed by atoms with Crippen LogP contribution in [0.4, 0.5) is 10.1 Å². The van der Waals surface area contributed by atoms with Crippen molar-refractivity contribution in [2.45, 2.75) is 6.54 Å². The highest BCUT2D eigenvalue weighted by Crippen LogP contribution is 2.15. The summed E-state index contributed by atoms with van der Waals surface area (Å²) in [5.74, 6) is -0.443. The van der Waals surface area contributed by atoms with Crippen molar-refractivity contribution in [2.75, 3.05) is 11.9 Å². The number of carbonyl (C=O) groups excluding carboxylic acids is 2. The Bertz CT molecular complexity index is 926. The van der Waals surface area contributed by atoms with Crippen molar-refractivity contribution in [3.05, 3.63) is 95.8 Å². The number of benzene rings is 3. The number of hydrogen-bond acceptors (Lipinski definition) is 3. The molecule has 0 atom stereocenters. The van der Waals surface area contributed by atoms with Gasteiger partial charge in [0.25, 0.3) is 11.8 Å². The lowest BCUT2D eigenvalue weighted by molar-refractivity contribution is -0.123. The van der Waals surface area contributed by atoms with Crippen molar-refractivity contribution in [3.8, 4) is 5.75 Å². The smallest absolute Gasteiger partial charge is 0.258 e. The van der Waals surface area contributed by atoms with Crippen LogP contribution in [-0.4, -0.2) is 18.4 Å². The maximum absolute atomic E-state index is 12.9. The zero-order valence-corrected chi connectivity index (χ0v) is 15.0. The molecule has 0 aliphatic heterocycles. The minimum atomic E-state index is -0.368. The van der Waals surface area contributed by atoms with Gasteiger partial charge in [-0.2, -0.15) is 0 Å². The van der Waals surface area contributed by atoms with Crippen LogP contribution in [0.5, 0.6) is 5.75 Å². The number of anilines is 1. The standard InChI is InChI=1S/C22H19FN2O3/c23-18-8-10-19(11-9-18)25-22(27)17-6-12-20(13-7-17)28-15-21(26)24-14-16-4-2-1-3-5-16/h1-13H,14-15H2,(H,24,26)(H,25,27). The SMILES string of the molecule is O=C(COc1ccc(C(=O)Nc2ccc(F)cc2)cc1)NCc1ccccc1. The first kappa shape index (κ1) is 19.1. The van der Waals surface area contributed by atoms with Crippen LogP contribution in [0.2, 0.25) is 0 Å². The second kappa shape index (κ2) is 9.32. The number of carbonyl (C=O) groups is 2. The van der Waals surface area contributed by atoms with Gasteiger partial charge in [-0.15, -0.1) is 0 Å². The Morgan fingerprint density at radius 1 is 0.857 bits per heavy atom. The normalized spacial score (nSPS) is 10.2. The number of rotatable bonds is 7. The van der Waals surface area contributed by atoms with Crippen molar-refractivity contribution in [1.82, 2.24) is 5.32 Å². The van der Waals surface area contributed by atoms with Crippen LogP contribution in [0.25, 0.3) is 0 Å². The van der Waals surface area contributed by atoms with Gasteiger partial charge < -0.3 is 15.4 Å². The molecule has 3 aromatic rings. The van der Waals surface area contributed by atoms with Crippen molar-refractivity contribution >= 4 is 17.5 Å². The topological polar surface area (TPSA) is 67.4 Å². The van der Waals surface area contributed by atoms with Crippen LogP contribution in [0, 0.1) is 5.82 Å². The fourth-order valence-corrected chi connectivity index (χ4v) is 2.44. The lowest BCUT2D eigenvalue weighted by atomic mass is 10.2. The van der Waals surface area contributed by atoms with Crippen LogP contribution in [-0.2, 0) is 11.3 Å². The summed E-state index contributed by atoms with van der Waals surface area (Å²) in [7, 11) is 0. The molecule has 2 amide bonds. The Balaban J connectivity index is 1.46. The number of halogens is 1. The molecule has 6 heteroatoms. The van der Waals surface area contributed by atoms with E-state index in [0.717, 1.165) is 5.56 Å². The molecule has 0 saturated carbocycles. The minimum absolute atomic E-state index is 0.117. The van der Waals surface area contributed by atoms with Crippen LogP contribution in [0.15, 0.2) is 78.9 Å². The van der Waals surface area contributed by atoms with Gasteiger partial charge in [0.1, 0.15) is 11.6 Å². The van der Waals surface area contributed by atoms with Crippen molar-refractivity contribution < 1.29 is 18.7 Å². The zero-order chi connectivity index (χ0) is 19.8. The van der Waals surface area contributed by atoms with Crippen molar-refractivity contribution in [2.24, 2.45) is 0 Å². The molecule has 5 nitrogen and oxygen atoms in total. The lowest BCUT2D eigenvalue weighted by Crippen LogP contribution is -2.28. The molecule has 0 aromatic heterocycles. The molecular weight excluding hydrogens is 359 g/mol. The molecule has 0 spiro atoms. The first-order valence-electron chi connectivity index (χ1n) is 8.70. The van der Waals surface area contributed by atoms with Gasteiger partial charge in [0, 0.05) is 17.8 Å². The van der Waals surface area contributed by atoms with Crippen molar-refractivity contribution in [3.63, 3.8) is 0 Å². The maximum atomic E-state index is 12.9. The fourth-order valence-electron chi connectivity index (χ4n) is 2.44. The van der Waals surface area contributed by atoms with Gasteiger partial charge in [0.05, 0.1) is 0 Å². The number of hydrogen-bond donors (Lipinski definition) is 2. The van der Waals surface area contributed by atoms with Gasteiger partial charge >= 0.3 is 0 Å². The fraction of sp³-hybridized carbons (Fsp3) is 0.0909. The molecule has 2 N–H and O–H groups in total. The van der Waals surface area contributed by atoms with Crippen LogP contribution >= 0.6 is 0 Å². The Labute approximate surface area is 162 Å². The molecule has 3 aromatic carbocycles. The molecule has 0 fully saturated rings. The monoisotopic (exact) mass is 378 g/mol. The molecule has 0 saturated heterocycles. The molecule has 0 unspecified atom stereocenters. The highest BCUT2D eigenvalue weighted by atomic mass is 19.1. The summed E-state index contributed by atoms with van der Waals surface area (Å²) in [5, 5.41) is 5.45. The van der Waals surface area contributed by atoms with E-state index in [1.807, 2.05) is 30.3 Å². The predicted molar refractivity (Wildman–Crippen MR) is 105 cm³/mol.